The molecule has 7 heteroatoms. The normalized spacial score (nSPS) is 10.6. The van der Waals surface area contributed by atoms with Crippen LogP contribution in [0.25, 0.3) is 5.69 Å². The van der Waals surface area contributed by atoms with E-state index in [1.54, 1.807) is 21.9 Å². The number of benzene rings is 1. The number of aromatic nitrogens is 5. The third-order valence-electron chi connectivity index (χ3n) is 3.16. The van der Waals surface area contributed by atoms with Gasteiger partial charge >= 0.3 is 0 Å². The van der Waals surface area contributed by atoms with E-state index < -0.39 is 0 Å². The molecule has 7 nitrogen and oxygen atoms in total. The van der Waals surface area contributed by atoms with E-state index in [1.807, 2.05) is 37.4 Å². The van der Waals surface area contributed by atoms with E-state index in [2.05, 4.69) is 20.5 Å². The zero-order valence-electron chi connectivity index (χ0n) is 12.2. The average molecular weight is 296 g/mol. The number of rotatable bonds is 5. The molecule has 0 aliphatic rings. The summed E-state index contributed by atoms with van der Waals surface area (Å²) in [5.41, 5.74) is 2.73. The van der Waals surface area contributed by atoms with Crippen molar-refractivity contribution >= 4 is 11.6 Å². The van der Waals surface area contributed by atoms with Crippen molar-refractivity contribution in [2.24, 2.45) is 0 Å². The molecule has 112 valence electrons. The second kappa shape index (κ2) is 6.21. The fraction of sp³-hybridized carbons (Fsp3) is 0.200. The third kappa shape index (κ3) is 3.38. The van der Waals surface area contributed by atoms with Crippen LogP contribution in [-0.4, -0.2) is 30.5 Å². The molecule has 2 aromatic heterocycles. The van der Waals surface area contributed by atoms with E-state index in [0.29, 0.717) is 13.0 Å². The van der Waals surface area contributed by atoms with Gasteiger partial charge in [-0.1, -0.05) is 0 Å². The van der Waals surface area contributed by atoms with Crippen molar-refractivity contribution < 1.29 is 4.79 Å². The molecule has 1 N–H and O–H groups in total. The molecule has 0 aliphatic heterocycles. The number of amides is 1. The summed E-state index contributed by atoms with van der Waals surface area (Å²) in [6.07, 6.45) is 7.18. The van der Waals surface area contributed by atoms with Crippen LogP contribution in [0, 0.1) is 6.92 Å². The maximum atomic E-state index is 11.9. The Morgan fingerprint density at radius 1 is 1.23 bits per heavy atom. The van der Waals surface area contributed by atoms with Gasteiger partial charge in [0.05, 0.1) is 11.9 Å². The van der Waals surface area contributed by atoms with Gasteiger partial charge in [0, 0.05) is 24.8 Å². The van der Waals surface area contributed by atoms with Crippen LogP contribution in [0.3, 0.4) is 0 Å². The molecule has 3 aromatic rings. The van der Waals surface area contributed by atoms with E-state index in [-0.39, 0.29) is 5.91 Å². The lowest BCUT2D eigenvalue weighted by molar-refractivity contribution is -0.116. The number of nitrogens with zero attached hydrogens (tertiary/aromatic N) is 5. The zero-order valence-corrected chi connectivity index (χ0v) is 12.2. The highest BCUT2D eigenvalue weighted by Crippen LogP contribution is 2.12. The van der Waals surface area contributed by atoms with E-state index >= 15 is 0 Å². The van der Waals surface area contributed by atoms with Crippen molar-refractivity contribution in [2.75, 3.05) is 5.32 Å². The fourth-order valence-electron chi connectivity index (χ4n) is 2.07. The second-order valence-corrected chi connectivity index (χ2v) is 4.97. The molecule has 0 bridgehead atoms. The standard InChI is InChI=1S/C15H16N6O/c1-12-8-17-20(9-12)7-6-15(22)19-13-2-4-14(5-3-13)21-11-16-10-18-21/h2-5,8-11H,6-7H2,1H3,(H,19,22). The van der Waals surface area contributed by atoms with Crippen molar-refractivity contribution in [3.05, 3.63) is 54.9 Å². The minimum absolute atomic E-state index is 0.0401. The minimum atomic E-state index is -0.0401. The maximum absolute atomic E-state index is 11.9. The van der Waals surface area contributed by atoms with Crippen molar-refractivity contribution in [1.29, 1.82) is 0 Å². The van der Waals surface area contributed by atoms with Gasteiger partial charge in [-0.2, -0.15) is 10.2 Å². The molecule has 2 heterocycles. The van der Waals surface area contributed by atoms with Gasteiger partial charge in [-0.15, -0.1) is 0 Å². The first-order valence-electron chi connectivity index (χ1n) is 6.95. The molecule has 0 atom stereocenters. The lowest BCUT2D eigenvalue weighted by Gasteiger charge is -2.06. The molecule has 0 saturated heterocycles. The van der Waals surface area contributed by atoms with Crippen LogP contribution >= 0.6 is 0 Å². The molecule has 0 unspecified atom stereocenters. The Labute approximate surface area is 127 Å². The highest BCUT2D eigenvalue weighted by Gasteiger charge is 2.04. The van der Waals surface area contributed by atoms with Crippen molar-refractivity contribution in [3.8, 4) is 5.69 Å². The number of nitrogens with one attached hydrogen (secondary N) is 1. The molecule has 0 radical (unpaired) electrons. The lowest BCUT2D eigenvalue weighted by Crippen LogP contribution is -2.14. The Morgan fingerprint density at radius 3 is 2.68 bits per heavy atom. The first kappa shape index (κ1) is 14.0. The lowest BCUT2D eigenvalue weighted by atomic mass is 10.2. The minimum Gasteiger partial charge on any atom is -0.326 e. The maximum Gasteiger partial charge on any atom is 0.226 e. The molecule has 0 spiro atoms. The summed E-state index contributed by atoms with van der Waals surface area (Å²) in [4.78, 5) is 15.8. The monoisotopic (exact) mass is 296 g/mol. The van der Waals surface area contributed by atoms with Gasteiger partial charge in [0.25, 0.3) is 0 Å². The Hall–Kier alpha value is -2.96. The second-order valence-electron chi connectivity index (χ2n) is 4.97. The Kier molecular flexibility index (Phi) is 3.95. The Bertz CT molecular complexity index is 745. The molecule has 22 heavy (non-hydrogen) atoms. The molecule has 1 aromatic carbocycles. The van der Waals surface area contributed by atoms with Gasteiger partial charge in [-0.05, 0) is 36.8 Å². The Balaban J connectivity index is 1.55. The molecule has 1 amide bonds. The smallest absolute Gasteiger partial charge is 0.226 e. The number of hydrogen-bond donors (Lipinski definition) is 1. The largest absolute Gasteiger partial charge is 0.326 e. The van der Waals surface area contributed by atoms with Crippen LogP contribution in [-0.2, 0) is 11.3 Å². The van der Waals surface area contributed by atoms with E-state index in [1.165, 1.54) is 6.33 Å². The Morgan fingerprint density at radius 2 is 2.05 bits per heavy atom. The van der Waals surface area contributed by atoms with Crippen molar-refractivity contribution in [2.45, 2.75) is 19.9 Å². The number of aryl methyl sites for hydroxylation is 2. The van der Waals surface area contributed by atoms with E-state index in [0.717, 1.165) is 16.9 Å². The van der Waals surface area contributed by atoms with Crippen LogP contribution in [0.4, 0.5) is 5.69 Å². The summed E-state index contributed by atoms with van der Waals surface area (Å²) in [7, 11) is 0. The predicted molar refractivity (Wildman–Crippen MR) is 81.6 cm³/mol. The zero-order chi connectivity index (χ0) is 15.4. The molecule has 0 aliphatic carbocycles. The summed E-state index contributed by atoms with van der Waals surface area (Å²) in [5.74, 6) is -0.0401. The summed E-state index contributed by atoms with van der Waals surface area (Å²) in [6.45, 7) is 2.54. The van der Waals surface area contributed by atoms with Gasteiger partial charge in [-0.25, -0.2) is 9.67 Å². The molecule has 0 saturated carbocycles. The van der Waals surface area contributed by atoms with Crippen LogP contribution in [0.15, 0.2) is 49.3 Å². The van der Waals surface area contributed by atoms with Crippen molar-refractivity contribution in [1.82, 2.24) is 24.5 Å². The number of carbonyl (C=O) groups is 1. The van der Waals surface area contributed by atoms with Gasteiger partial charge in [-0.3, -0.25) is 9.48 Å². The quantitative estimate of drug-likeness (QED) is 0.779. The SMILES string of the molecule is Cc1cnn(CCC(=O)Nc2ccc(-n3cncn3)cc2)c1. The van der Waals surface area contributed by atoms with Gasteiger partial charge in [0.2, 0.25) is 5.91 Å². The van der Waals surface area contributed by atoms with Gasteiger partial charge in [0.15, 0.2) is 0 Å². The summed E-state index contributed by atoms with van der Waals surface area (Å²) >= 11 is 0. The topological polar surface area (TPSA) is 77.6 Å². The molecule has 0 fully saturated rings. The van der Waals surface area contributed by atoms with Crippen LogP contribution in [0.1, 0.15) is 12.0 Å². The first-order valence-corrected chi connectivity index (χ1v) is 6.95. The summed E-state index contributed by atoms with van der Waals surface area (Å²) in [5, 5.41) is 11.1. The van der Waals surface area contributed by atoms with Crippen LogP contribution in [0.5, 0.6) is 0 Å². The highest BCUT2D eigenvalue weighted by molar-refractivity contribution is 5.90. The summed E-state index contributed by atoms with van der Waals surface area (Å²) in [6, 6.07) is 7.43. The van der Waals surface area contributed by atoms with Crippen molar-refractivity contribution in [3.63, 3.8) is 0 Å². The van der Waals surface area contributed by atoms with Crippen LogP contribution in [0.2, 0.25) is 0 Å². The van der Waals surface area contributed by atoms with Crippen LogP contribution < -0.4 is 5.32 Å². The van der Waals surface area contributed by atoms with Gasteiger partial charge < -0.3 is 5.32 Å². The predicted octanol–water partition coefficient (Wildman–Crippen LogP) is 1.80. The number of hydrogen-bond acceptors (Lipinski definition) is 4. The van der Waals surface area contributed by atoms with E-state index in [4.69, 9.17) is 0 Å². The number of anilines is 1. The third-order valence-corrected chi connectivity index (χ3v) is 3.16. The number of carbonyl (C=O) groups excluding carboxylic acids is 1. The molecule has 3 rings (SSSR count). The first-order chi connectivity index (χ1) is 10.7. The van der Waals surface area contributed by atoms with E-state index in [9.17, 15) is 4.79 Å². The average Bonchev–Trinajstić information content (AvgIpc) is 3.17. The van der Waals surface area contributed by atoms with Gasteiger partial charge in [0.1, 0.15) is 12.7 Å². The molecular weight excluding hydrogens is 280 g/mol. The highest BCUT2D eigenvalue weighted by atomic mass is 16.1. The molecular formula is C15H16N6O. The fourth-order valence-corrected chi connectivity index (χ4v) is 2.07. The summed E-state index contributed by atoms with van der Waals surface area (Å²) < 4.78 is 3.42.